The molecule has 3 fully saturated rings. The molecule has 0 saturated heterocycles. The van der Waals surface area contributed by atoms with E-state index in [0.717, 1.165) is 36.1 Å². The molecule has 110 valence electrons. The molecule has 0 radical (unpaired) electrons. The molecule has 4 rings (SSSR count). The van der Waals surface area contributed by atoms with Gasteiger partial charge in [-0.2, -0.15) is 0 Å². The van der Waals surface area contributed by atoms with Gasteiger partial charge in [-0.3, -0.25) is 0 Å². The van der Waals surface area contributed by atoms with Gasteiger partial charge < -0.3 is 5.32 Å². The maximum Gasteiger partial charge on any atom is 0.0704 e. The molecule has 1 N–H and O–H groups in total. The fourth-order valence-electron chi connectivity index (χ4n) is 5.36. The van der Waals surface area contributed by atoms with Crippen LogP contribution in [0.5, 0.6) is 0 Å². The summed E-state index contributed by atoms with van der Waals surface area (Å²) in [6, 6.07) is 3.00. The van der Waals surface area contributed by atoms with E-state index in [-0.39, 0.29) is 0 Å². The summed E-state index contributed by atoms with van der Waals surface area (Å²) in [6.45, 7) is 5.72. The van der Waals surface area contributed by atoms with Gasteiger partial charge in [0.15, 0.2) is 0 Å². The Hall–Kier alpha value is 0.140. The maximum absolute atomic E-state index is 3.89. The smallest absolute Gasteiger partial charge is 0.0704 e. The highest BCUT2D eigenvalue weighted by atomic mass is 79.9. The number of fused-ring (bicyclic) bond motifs is 5. The van der Waals surface area contributed by atoms with Crippen molar-refractivity contribution in [2.75, 3.05) is 6.54 Å². The van der Waals surface area contributed by atoms with Gasteiger partial charge in [-0.15, -0.1) is 11.3 Å². The molecule has 1 nitrogen and oxygen atoms in total. The maximum atomic E-state index is 3.89. The average molecular weight is 354 g/mol. The second-order valence-electron chi connectivity index (χ2n) is 7.06. The van der Waals surface area contributed by atoms with Gasteiger partial charge in [-0.05, 0) is 96.3 Å². The standard InChI is InChI=1S/C17H24BrNS/c1-3-6-19-17(12-8-13(18)20-9(12)2)16-14-10-4-5-11(7-10)15(14)16/h8,10-11,14-17,19H,3-7H2,1-2H3. The molecule has 3 aliphatic rings. The Balaban J connectivity index is 1.59. The van der Waals surface area contributed by atoms with E-state index in [1.807, 2.05) is 11.3 Å². The van der Waals surface area contributed by atoms with Crippen LogP contribution in [0.4, 0.5) is 0 Å². The minimum absolute atomic E-state index is 0.621. The molecule has 5 unspecified atom stereocenters. The van der Waals surface area contributed by atoms with Crippen LogP contribution in [0, 0.1) is 36.5 Å². The number of halogens is 1. The summed E-state index contributed by atoms with van der Waals surface area (Å²) >= 11 is 5.58. The Kier molecular flexibility index (Phi) is 3.51. The molecule has 0 amide bonds. The van der Waals surface area contributed by atoms with E-state index in [4.69, 9.17) is 0 Å². The first-order valence-corrected chi connectivity index (χ1v) is 9.81. The third kappa shape index (κ3) is 2.04. The van der Waals surface area contributed by atoms with Crippen LogP contribution in [0.2, 0.25) is 0 Å². The second kappa shape index (κ2) is 5.10. The number of aryl methyl sites for hydroxylation is 1. The first-order valence-electron chi connectivity index (χ1n) is 8.20. The summed E-state index contributed by atoms with van der Waals surface area (Å²) in [4.78, 5) is 1.50. The molecule has 2 bridgehead atoms. The van der Waals surface area contributed by atoms with Crippen molar-refractivity contribution in [2.24, 2.45) is 29.6 Å². The lowest BCUT2D eigenvalue weighted by Gasteiger charge is -2.22. The predicted molar refractivity (Wildman–Crippen MR) is 89.1 cm³/mol. The van der Waals surface area contributed by atoms with Crippen LogP contribution < -0.4 is 5.32 Å². The molecule has 0 aliphatic heterocycles. The molecular weight excluding hydrogens is 330 g/mol. The fraction of sp³-hybridized carbons (Fsp3) is 0.765. The van der Waals surface area contributed by atoms with Gasteiger partial charge in [-0.1, -0.05) is 6.92 Å². The summed E-state index contributed by atoms with van der Waals surface area (Å²) in [7, 11) is 0. The van der Waals surface area contributed by atoms with Crippen molar-refractivity contribution in [2.45, 2.75) is 45.6 Å². The lowest BCUT2D eigenvalue weighted by molar-refractivity contribution is 0.370. The summed E-state index contributed by atoms with van der Waals surface area (Å²) in [5, 5.41) is 3.89. The first kappa shape index (κ1) is 13.8. The number of thiophene rings is 1. The van der Waals surface area contributed by atoms with Crippen LogP contribution in [0.15, 0.2) is 9.85 Å². The van der Waals surface area contributed by atoms with Crippen molar-refractivity contribution < 1.29 is 0 Å². The summed E-state index contributed by atoms with van der Waals surface area (Å²) in [5.74, 6) is 5.20. The lowest BCUT2D eigenvalue weighted by atomic mass is 9.93. The van der Waals surface area contributed by atoms with Crippen LogP contribution in [0.25, 0.3) is 0 Å². The minimum Gasteiger partial charge on any atom is -0.310 e. The van der Waals surface area contributed by atoms with Gasteiger partial charge in [0.25, 0.3) is 0 Å². The van der Waals surface area contributed by atoms with Gasteiger partial charge in [0.05, 0.1) is 3.79 Å². The van der Waals surface area contributed by atoms with Crippen molar-refractivity contribution in [1.82, 2.24) is 5.32 Å². The van der Waals surface area contributed by atoms with Gasteiger partial charge in [0.2, 0.25) is 0 Å². The van der Waals surface area contributed by atoms with E-state index in [1.165, 1.54) is 27.9 Å². The quantitative estimate of drug-likeness (QED) is 0.771. The third-order valence-electron chi connectivity index (χ3n) is 6.06. The minimum atomic E-state index is 0.621. The van der Waals surface area contributed by atoms with E-state index < -0.39 is 0 Å². The van der Waals surface area contributed by atoms with Crippen molar-refractivity contribution in [1.29, 1.82) is 0 Å². The second-order valence-corrected chi connectivity index (χ2v) is 9.69. The van der Waals surface area contributed by atoms with E-state index in [0.29, 0.717) is 6.04 Å². The zero-order valence-corrected chi connectivity index (χ0v) is 14.8. The molecule has 3 aliphatic carbocycles. The molecule has 1 aromatic heterocycles. The fourth-order valence-corrected chi connectivity index (χ4v) is 7.12. The monoisotopic (exact) mass is 353 g/mol. The van der Waals surface area contributed by atoms with Gasteiger partial charge in [0, 0.05) is 10.9 Å². The molecule has 20 heavy (non-hydrogen) atoms. The Bertz CT molecular complexity index is 495. The SMILES string of the molecule is CCCNC(c1cc(Br)sc1C)C1C2C3CCC(C3)C21. The highest BCUT2D eigenvalue weighted by Gasteiger charge is 2.66. The van der Waals surface area contributed by atoms with Crippen LogP contribution in [-0.2, 0) is 0 Å². The largest absolute Gasteiger partial charge is 0.310 e. The van der Waals surface area contributed by atoms with E-state index in [2.05, 4.69) is 41.2 Å². The number of rotatable bonds is 5. The molecule has 1 heterocycles. The van der Waals surface area contributed by atoms with Gasteiger partial charge in [-0.25, -0.2) is 0 Å². The Morgan fingerprint density at radius 3 is 2.60 bits per heavy atom. The zero-order chi connectivity index (χ0) is 13.9. The van der Waals surface area contributed by atoms with E-state index in [9.17, 15) is 0 Å². The summed E-state index contributed by atoms with van der Waals surface area (Å²) in [6.07, 6.45) is 5.83. The van der Waals surface area contributed by atoms with Crippen LogP contribution in [0.3, 0.4) is 0 Å². The Labute approximate surface area is 134 Å². The molecule has 0 aromatic carbocycles. The lowest BCUT2D eigenvalue weighted by Crippen LogP contribution is -2.26. The highest BCUT2D eigenvalue weighted by Crippen LogP contribution is 2.72. The molecule has 1 aromatic rings. The molecule has 0 spiro atoms. The normalized spacial score (nSPS) is 39.0. The number of nitrogens with one attached hydrogen (secondary N) is 1. The van der Waals surface area contributed by atoms with Crippen LogP contribution in [0.1, 0.15) is 49.1 Å². The summed E-state index contributed by atoms with van der Waals surface area (Å²) < 4.78 is 1.29. The summed E-state index contributed by atoms with van der Waals surface area (Å²) in [5.41, 5.74) is 1.58. The van der Waals surface area contributed by atoms with Crippen molar-refractivity contribution in [3.05, 3.63) is 20.3 Å². The van der Waals surface area contributed by atoms with Crippen molar-refractivity contribution >= 4 is 27.3 Å². The topological polar surface area (TPSA) is 12.0 Å². The van der Waals surface area contributed by atoms with Crippen molar-refractivity contribution in [3.8, 4) is 0 Å². The Morgan fingerprint density at radius 2 is 2.05 bits per heavy atom. The molecule has 3 saturated carbocycles. The number of hydrogen-bond donors (Lipinski definition) is 1. The van der Waals surface area contributed by atoms with E-state index in [1.54, 1.807) is 12.0 Å². The number of hydrogen-bond acceptors (Lipinski definition) is 2. The Morgan fingerprint density at radius 1 is 1.35 bits per heavy atom. The van der Waals surface area contributed by atoms with Crippen molar-refractivity contribution in [3.63, 3.8) is 0 Å². The van der Waals surface area contributed by atoms with Gasteiger partial charge >= 0.3 is 0 Å². The van der Waals surface area contributed by atoms with E-state index >= 15 is 0 Å². The third-order valence-corrected chi connectivity index (χ3v) is 7.62. The zero-order valence-electron chi connectivity index (χ0n) is 12.4. The van der Waals surface area contributed by atoms with Crippen LogP contribution in [-0.4, -0.2) is 6.54 Å². The molecule has 3 heteroatoms. The highest BCUT2D eigenvalue weighted by molar-refractivity contribution is 9.11. The molecule has 5 atom stereocenters. The average Bonchev–Trinajstić information content (AvgIpc) is 2.73. The first-order chi connectivity index (χ1) is 9.70. The van der Waals surface area contributed by atoms with Gasteiger partial charge in [0.1, 0.15) is 0 Å². The molecular formula is C17H24BrNS. The predicted octanol–water partition coefficient (Wildman–Crippen LogP) is 5.15. The van der Waals surface area contributed by atoms with Crippen LogP contribution >= 0.6 is 27.3 Å².